The number of guanidine groups is 1. The first-order valence-electron chi connectivity index (χ1n) is 10.3. The smallest absolute Gasteiger partial charge is 0.191 e. The Hall–Kier alpha value is -0.810. The van der Waals surface area contributed by atoms with E-state index in [1.54, 1.807) is 7.11 Å². The molecule has 0 amide bonds. The number of aliphatic imine (C=N–C) groups is 1. The van der Waals surface area contributed by atoms with Gasteiger partial charge in [0.2, 0.25) is 0 Å². The van der Waals surface area contributed by atoms with Crippen molar-refractivity contribution in [3.63, 3.8) is 0 Å². The summed E-state index contributed by atoms with van der Waals surface area (Å²) in [5.41, 5.74) is 0. The highest BCUT2D eigenvalue weighted by Crippen LogP contribution is 2.17. The second-order valence-corrected chi connectivity index (χ2v) is 7.87. The lowest BCUT2D eigenvalue weighted by molar-refractivity contribution is 0.121. The third kappa shape index (κ3) is 10.7. The number of nitrogens with one attached hydrogen (secondary N) is 2. The molecule has 1 aliphatic rings. The van der Waals surface area contributed by atoms with Crippen LogP contribution in [0.1, 0.15) is 59.8 Å². The zero-order chi connectivity index (χ0) is 18.5. The molecule has 1 fully saturated rings. The first-order chi connectivity index (χ1) is 12.0. The van der Waals surface area contributed by atoms with Gasteiger partial charge in [0.25, 0.3) is 0 Å². The standard InChI is InChI=1S/C20H42N4O/c1-6-21-20(23-18(4)9-7-8-17(2)3)22-16-19-10-12-24(13-11-19)14-15-25-5/h17-19H,6-16H2,1-5H3,(H2,21,22,23). The molecule has 2 N–H and O–H groups in total. The molecule has 0 bridgehead atoms. The summed E-state index contributed by atoms with van der Waals surface area (Å²) in [5.74, 6) is 2.50. The minimum absolute atomic E-state index is 0.479. The van der Waals surface area contributed by atoms with Crippen molar-refractivity contribution < 1.29 is 4.74 Å². The van der Waals surface area contributed by atoms with Crippen LogP contribution in [-0.2, 0) is 4.74 Å². The monoisotopic (exact) mass is 354 g/mol. The first kappa shape index (κ1) is 22.2. The van der Waals surface area contributed by atoms with Gasteiger partial charge >= 0.3 is 0 Å². The highest BCUT2D eigenvalue weighted by Gasteiger charge is 2.18. The van der Waals surface area contributed by atoms with Crippen LogP contribution in [0.4, 0.5) is 0 Å². The summed E-state index contributed by atoms with van der Waals surface area (Å²) in [6.45, 7) is 15.1. The van der Waals surface area contributed by atoms with Crippen molar-refractivity contribution in [2.45, 2.75) is 65.8 Å². The maximum absolute atomic E-state index is 5.18. The molecule has 25 heavy (non-hydrogen) atoms. The molecule has 0 aromatic carbocycles. The molecule has 1 unspecified atom stereocenters. The summed E-state index contributed by atoms with van der Waals surface area (Å²) in [6, 6.07) is 0.479. The SMILES string of the molecule is CCNC(=NCC1CCN(CCOC)CC1)NC(C)CCCC(C)C. The lowest BCUT2D eigenvalue weighted by atomic mass is 9.97. The summed E-state index contributed by atoms with van der Waals surface area (Å²) >= 11 is 0. The first-order valence-corrected chi connectivity index (χ1v) is 10.3. The van der Waals surface area contributed by atoms with Crippen molar-refractivity contribution in [3.05, 3.63) is 0 Å². The number of hydrogen-bond acceptors (Lipinski definition) is 3. The number of likely N-dealkylation sites (tertiary alicyclic amines) is 1. The highest BCUT2D eigenvalue weighted by atomic mass is 16.5. The van der Waals surface area contributed by atoms with Crippen LogP contribution in [0.15, 0.2) is 4.99 Å². The maximum Gasteiger partial charge on any atom is 0.191 e. The lowest BCUT2D eigenvalue weighted by Gasteiger charge is -2.31. The van der Waals surface area contributed by atoms with Gasteiger partial charge in [0, 0.05) is 32.8 Å². The molecule has 0 spiro atoms. The minimum atomic E-state index is 0.479. The lowest BCUT2D eigenvalue weighted by Crippen LogP contribution is -2.43. The van der Waals surface area contributed by atoms with Crippen molar-refractivity contribution in [3.8, 4) is 0 Å². The largest absolute Gasteiger partial charge is 0.383 e. The van der Waals surface area contributed by atoms with Crippen LogP contribution in [-0.4, -0.2) is 63.3 Å². The van der Waals surface area contributed by atoms with E-state index in [-0.39, 0.29) is 0 Å². The molecule has 1 heterocycles. The molecule has 0 aromatic heterocycles. The Labute approximate surface area is 156 Å². The number of ether oxygens (including phenoxy) is 1. The van der Waals surface area contributed by atoms with E-state index < -0.39 is 0 Å². The van der Waals surface area contributed by atoms with E-state index in [0.29, 0.717) is 12.0 Å². The molecule has 1 saturated heterocycles. The molecule has 5 nitrogen and oxygen atoms in total. The second kappa shape index (κ2) is 13.4. The van der Waals surface area contributed by atoms with Gasteiger partial charge in [0.05, 0.1) is 6.61 Å². The Morgan fingerprint density at radius 2 is 1.92 bits per heavy atom. The summed E-state index contributed by atoms with van der Waals surface area (Å²) in [6.07, 6.45) is 6.29. The zero-order valence-electron chi connectivity index (χ0n) is 17.3. The van der Waals surface area contributed by atoms with Gasteiger partial charge in [-0.2, -0.15) is 0 Å². The third-order valence-corrected chi connectivity index (χ3v) is 4.97. The Kier molecular flexibility index (Phi) is 11.9. The van der Waals surface area contributed by atoms with Crippen LogP contribution in [0.2, 0.25) is 0 Å². The van der Waals surface area contributed by atoms with E-state index in [1.165, 1.54) is 45.2 Å². The van der Waals surface area contributed by atoms with E-state index >= 15 is 0 Å². The zero-order valence-corrected chi connectivity index (χ0v) is 17.3. The Balaban J connectivity index is 2.32. The van der Waals surface area contributed by atoms with Gasteiger partial charge in [-0.05, 0) is 58.0 Å². The molecule has 0 aliphatic carbocycles. The van der Waals surface area contributed by atoms with E-state index in [1.807, 2.05) is 0 Å². The molecule has 148 valence electrons. The van der Waals surface area contributed by atoms with Crippen LogP contribution < -0.4 is 10.6 Å². The Morgan fingerprint density at radius 1 is 1.20 bits per heavy atom. The number of hydrogen-bond donors (Lipinski definition) is 2. The van der Waals surface area contributed by atoms with Gasteiger partial charge in [-0.1, -0.05) is 26.7 Å². The molecule has 1 rings (SSSR count). The van der Waals surface area contributed by atoms with Crippen LogP contribution in [0.3, 0.4) is 0 Å². The Morgan fingerprint density at radius 3 is 2.52 bits per heavy atom. The fourth-order valence-corrected chi connectivity index (χ4v) is 3.29. The van der Waals surface area contributed by atoms with Crippen molar-refractivity contribution in [1.82, 2.24) is 15.5 Å². The average Bonchev–Trinajstić information content (AvgIpc) is 2.58. The number of nitrogens with zero attached hydrogens (tertiary/aromatic N) is 2. The number of rotatable bonds is 11. The number of methoxy groups -OCH3 is 1. The average molecular weight is 355 g/mol. The molecule has 0 radical (unpaired) electrons. The van der Waals surface area contributed by atoms with Crippen molar-refractivity contribution in [1.29, 1.82) is 0 Å². The van der Waals surface area contributed by atoms with Crippen molar-refractivity contribution in [2.24, 2.45) is 16.8 Å². The van der Waals surface area contributed by atoms with Crippen molar-refractivity contribution in [2.75, 3.05) is 46.4 Å². The fourth-order valence-electron chi connectivity index (χ4n) is 3.29. The van der Waals surface area contributed by atoms with Crippen molar-refractivity contribution >= 4 is 5.96 Å². The van der Waals surface area contributed by atoms with E-state index in [0.717, 1.165) is 38.1 Å². The highest BCUT2D eigenvalue weighted by molar-refractivity contribution is 5.80. The van der Waals surface area contributed by atoms with Crippen LogP contribution >= 0.6 is 0 Å². The summed E-state index contributed by atoms with van der Waals surface area (Å²) < 4.78 is 5.18. The molecule has 1 atom stereocenters. The van der Waals surface area contributed by atoms with Gasteiger partial charge in [0.15, 0.2) is 5.96 Å². The van der Waals surface area contributed by atoms with Gasteiger partial charge in [0.1, 0.15) is 0 Å². The van der Waals surface area contributed by atoms with E-state index in [2.05, 4.69) is 43.2 Å². The predicted octanol–water partition coefficient (Wildman–Crippen LogP) is 3.11. The van der Waals surface area contributed by atoms with Crippen LogP contribution in [0.5, 0.6) is 0 Å². The molecular weight excluding hydrogens is 312 g/mol. The van der Waals surface area contributed by atoms with Gasteiger partial charge in [-0.3, -0.25) is 4.99 Å². The van der Waals surface area contributed by atoms with E-state index in [4.69, 9.17) is 9.73 Å². The number of piperidine rings is 1. The molecule has 0 saturated carbocycles. The van der Waals surface area contributed by atoms with Crippen LogP contribution in [0, 0.1) is 11.8 Å². The second-order valence-electron chi connectivity index (χ2n) is 7.87. The van der Waals surface area contributed by atoms with E-state index in [9.17, 15) is 0 Å². The molecule has 0 aromatic rings. The summed E-state index contributed by atoms with van der Waals surface area (Å²) in [7, 11) is 1.78. The Bertz CT molecular complexity index is 352. The molecular formula is C20H42N4O. The van der Waals surface area contributed by atoms with Crippen LogP contribution in [0.25, 0.3) is 0 Å². The van der Waals surface area contributed by atoms with Gasteiger partial charge in [-0.15, -0.1) is 0 Å². The molecule has 5 heteroatoms. The third-order valence-electron chi connectivity index (χ3n) is 4.97. The normalized spacial score (nSPS) is 18.6. The quantitative estimate of drug-likeness (QED) is 0.442. The fraction of sp³-hybridized carbons (Fsp3) is 0.950. The van der Waals surface area contributed by atoms with Gasteiger partial charge < -0.3 is 20.3 Å². The topological polar surface area (TPSA) is 48.9 Å². The minimum Gasteiger partial charge on any atom is -0.383 e. The summed E-state index contributed by atoms with van der Waals surface area (Å²) in [5, 5.41) is 6.98. The predicted molar refractivity (Wildman–Crippen MR) is 108 cm³/mol. The summed E-state index contributed by atoms with van der Waals surface area (Å²) in [4.78, 5) is 7.36. The molecule has 1 aliphatic heterocycles. The maximum atomic E-state index is 5.18. The van der Waals surface area contributed by atoms with Gasteiger partial charge in [-0.25, -0.2) is 0 Å².